The standard InChI is InChI=1S/C17H19ClN4O3S2/c18-15-3-2-14(26-15)12-20-5-7-21(8-6-20)17(23)13-1-4-16-19-27(24,25)10-9-22(16)11-13/h1-4,11H,5-10,12H2. The van der Waals surface area contributed by atoms with Crippen LogP contribution in [-0.4, -0.2) is 73.3 Å². The Labute approximate surface area is 167 Å². The topological polar surface area (TPSA) is 73.3 Å². The van der Waals surface area contributed by atoms with E-state index in [1.807, 2.05) is 17.0 Å². The summed E-state index contributed by atoms with van der Waals surface area (Å²) in [4.78, 5) is 19.9. The molecule has 0 aliphatic carbocycles. The molecule has 10 heteroatoms. The van der Waals surface area contributed by atoms with E-state index in [9.17, 15) is 13.2 Å². The van der Waals surface area contributed by atoms with Crippen molar-refractivity contribution in [3.05, 3.63) is 45.3 Å². The van der Waals surface area contributed by atoms with Gasteiger partial charge in [0.2, 0.25) is 0 Å². The summed E-state index contributed by atoms with van der Waals surface area (Å²) in [6.45, 7) is 4.13. The first kappa shape index (κ1) is 18.7. The molecule has 0 spiro atoms. The molecule has 4 heterocycles. The van der Waals surface area contributed by atoms with Gasteiger partial charge in [0.15, 0.2) is 0 Å². The molecule has 1 aromatic rings. The minimum Gasteiger partial charge on any atom is -0.336 e. The number of amidine groups is 1. The van der Waals surface area contributed by atoms with E-state index >= 15 is 0 Å². The molecule has 3 aliphatic heterocycles. The van der Waals surface area contributed by atoms with Crippen molar-refractivity contribution in [2.45, 2.75) is 6.54 Å². The van der Waals surface area contributed by atoms with Crippen LogP contribution in [0.5, 0.6) is 0 Å². The lowest BCUT2D eigenvalue weighted by Gasteiger charge is -2.35. The quantitative estimate of drug-likeness (QED) is 0.733. The number of carbonyl (C=O) groups is 1. The lowest BCUT2D eigenvalue weighted by molar-refractivity contribution is -0.128. The number of fused-ring (bicyclic) bond motifs is 1. The monoisotopic (exact) mass is 426 g/mol. The number of nitrogens with zero attached hydrogens (tertiary/aromatic N) is 4. The van der Waals surface area contributed by atoms with Crippen LogP contribution in [0, 0.1) is 0 Å². The fraction of sp³-hybridized carbons (Fsp3) is 0.412. The van der Waals surface area contributed by atoms with Crippen LogP contribution in [0.1, 0.15) is 4.88 Å². The van der Waals surface area contributed by atoms with Gasteiger partial charge in [-0.15, -0.1) is 15.7 Å². The molecule has 0 N–H and O–H groups in total. The molecule has 1 fully saturated rings. The first-order chi connectivity index (χ1) is 12.9. The zero-order chi connectivity index (χ0) is 19.0. The minimum atomic E-state index is -3.38. The second-order valence-corrected chi connectivity index (χ2v) is 10.2. The highest BCUT2D eigenvalue weighted by molar-refractivity contribution is 7.90. The summed E-state index contributed by atoms with van der Waals surface area (Å²) in [6.07, 6.45) is 4.95. The van der Waals surface area contributed by atoms with Gasteiger partial charge in [-0.3, -0.25) is 9.69 Å². The Morgan fingerprint density at radius 3 is 2.63 bits per heavy atom. The molecule has 0 unspecified atom stereocenters. The fourth-order valence-corrected chi connectivity index (χ4v) is 5.38. The van der Waals surface area contributed by atoms with E-state index in [0.717, 1.165) is 24.0 Å². The predicted molar refractivity (Wildman–Crippen MR) is 106 cm³/mol. The van der Waals surface area contributed by atoms with Crippen molar-refractivity contribution in [2.75, 3.05) is 38.5 Å². The summed E-state index contributed by atoms with van der Waals surface area (Å²) in [5, 5.41) is 0. The Hall–Kier alpha value is -1.68. The van der Waals surface area contributed by atoms with E-state index in [0.29, 0.717) is 31.0 Å². The summed E-state index contributed by atoms with van der Waals surface area (Å²) in [6, 6.07) is 3.95. The minimum absolute atomic E-state index is 0.0300. The lowest BCUT2D eigenvalue weighted by Crippen LogP contribution is -2.49. The molecule has 0 atom stereocenters. The average Bonchev–Trinajstić information content (AvgIpc) is 3.05. The van der Waals surface area contributed by atoms with Gasteiger partial charge in [0.25, 0.3) is 15.9 Å². The fourth-order valence-electron chi connectivity index (χ4n) is 3.28. The van der Waals surface area contributed by atoms with Gasteiger partial charge >= 0.3 is 0 Å². The Morgan fingerprint density at radius 1 is 1.15 bits per heavy atom. The van der Waals surface area contributed by atoms with Crippen LogP contribution in [0.4, 0.5) is 0 Å². The van der Waals surface area contributed by atoms with Gasteiger partial charge in [0, 0.05) is 50.3 Å². The highest BCUT2D eigenvalue weighted by Gasteiger charge is 2.28. The van der Waals surface area contributed by atoms with Crippen LogP contribution >= 0.6 is 22.9 Å². The van der Waals surface area contributed by atoms with Crippen LogP contribution in [0.15, 0.2) is 40.5 Å². The maximum Gasteiger partial charge on any atom is 0.256 e. The van der Waals surface area contributed by atoms with Gasteiger partial charge in [0.05, 0.1) is 15.7 Å². The van der Waals surface area contributed by atoms with Gasteiger partial charge in [-0.1, -0.05) is 11.6 Å². The van der Waals surface area contributed by atoms with Crippen molar-refractivity contribution < 1.29 is 13.2 Å². The highest BCUT2D eigenvalue weighted by atomic mass is 35.5. The van der Waals surface area contributed by atoms with E-state index in [-0.39, 0.29) is 11.7 Å². The number of piperazine rings is 1. The van der Waals surface area contributed by atoms with Gasteiger partial charge < -0.3 is 9.80 Å². The number of hydrogen-bond acceptors (Lipinski definition) is 6. The lowest BCUT2D eigenvalue weighted by atomic mass is 10.1. The predicted octanol–water partition coefficient (Wildman–Crippen LogP) is 1.54. The van der Waals surface area contributed by atoms with E-state index < -0.39 is 10.0 Å². The molecule has 0 bridgehead atoms. The van der Waals surface area contributed by atoms with E-state index in [1.54, 1.807) is 34.6 Å². The van der Waals surface area contributed by atoms with Crippen molar-refractivity contribution >= 4 is 44.7 Å². The maximum absolute atomic E-state index is 12.8. The molecular formula is C17H19ClN4O3S2. The van der Waals surface area contributed by atoms with Gasteiger partial charge in [-0.05, 0) is 24.3 Å². The largest absolute Gasteiger partial charge is 0.336 e. The SMILES string of the molecule is O=C(C1=CN2CCS(=O)(=O)N=C2C=C1)N1CCN(Cc2ccc(Cl)s2)CC1. The van der Waals surface area contributed by atoms with Crippen LogP contribution in [0.3, 0.4) is 0 Å². The van der Waals surface area contributed by atoms with Gasteiger partial charge in [-0.25, -0.2) is 8.42 Å². The zero-order valence-corrected chi connectivity index (χ0v) is 16.9. The highest BCUT2D eigenvalue weighted by Crippen LogP contribution is 2.23. The van der Waals surface area contributed by atoms with Crippen LogP contribution < -0.4 is 0 Å². The maximum atomic E-state index is 12.8. The Balaban J connectivity index is 1.36. The number of halogens is 1. The first-order valence-electron chi connectivity index (χ1n) is 8.65. The third-order valence-electron chi connectivity index (χ3n) is 4.74. The molecular weight excluding hydrogens is 408 g/mol. The van der Waals surface area contributed by atoms with Crippen molar-refractivity contribution in [2.24, 2.45) is 4.40 Å². The molecule has 27 heavy (non-hydrogen) atoms. The zero-order valence-electron chi connectivity index (χ0n) is 14.5. The molecule has 144 valence electrons. The third kappa shape index (κ3) is 4.26. The van der Waals surface area contributed by atoms with Crippen LogP contribution in [-0.2, 0) is 21.4 Å². The Kier molecular flexibility index (Phi) is 5.11. The molecule has 7 nitrogen and oxygen atoms in total. The van der Waals surface area contributed by atoms with Crippen LogP contribution in [0.25, 0.3) is 0 Å². The van der Waals surface area contributed by atoms with E-state index in [1.165, 1.54) is 4.88 Å². The molecule has 0 aromatic carbocycles. The number of amides is 1. The number of hydrogen-bond donors (Lipinski definition) is 0. The molecule has 0 radical (unpaired) electrons. The normalized spacial score (nSPS) is 22.3. The van der Waals surface area contributed by atoms with Crippen molar-refractivity contribution in [1.82, 2.24) is 14.7 Å². The van der Waals surface area contributed by atoms with Crippen molar-refractivity contribution in [3.63, 3.8) is 0 Å². The van der Waals surface area contributed by atoms with Crippen LogP contribution in [0.2, 0.25) is 4.34 Å². The van der Waals surface area contributed by atoms with E-state index in [4.69, 9.17) is 11.6 Å². The molecule has 3 aliphatic rings. The summed E-state index contributed by atoms with van der Waals surface area (Å²) >= 11 is 7.57. The van der Waals surface area contributed by atoms with E-state index in [2.05, 4.69) is 9.30 Å². The summed E-state index contributed by atoms with van der Waals surface area (Å²) in [5.41, 5.74) is 0.562. The third-order valence-corrected chi connectivity index (χ3v) is 7.12. The van der Waals surface area contributed by atoms with Crippen molar-refractivity contribution in [3.8, 4) is 0 Å². The number of rotatable bonds is 3. The number of thiophene rings is 1. The van der Waals surface area contributed by atoms with Crippen molar-refractivity contribution in [1.29, 1.82) is 0 Å². The summed E-state index contributed by atoms with van der Waals surface area (Å²) < 4.78 is 27.7. The second kappa shape index (κ2) is 7.38. The molecule has 1 aromatic heterocycles. The number of sulfonamides is 1. The second-order valence-electron chi connectivity index (χ2n) is 6.62. The molecule has 1 saturated heterocycles. The smallest absolute Gasteiger partial charge is 0.256 e. The van der Waals surface area contributed by atoms with Gasteiger partial charge in [-0.2, -0.15) is 0 Å². The Bertz CT molecular complexity index is 943. The number of carbonyl (C=O) groups excluding carboxylic acids is 1. The molecule has 4 rings (SSSR count). The first-order valence-corrected chi connectivity index (χ1v) is 11.4. The Morgan fingerprint density at radius 2 is 1.93 bits per heavy atom. The summed E-state index contributed by atoms with van der Waals surface area (Å²) in [5.74, 6) is 0.308. The average molecular weight is 427 g/mol. The molecule has 0 saturated carbocycles. The van der Waals surface area contributed by atoms with Gasteiger partial charge in [0.1, 0.15) is 5.84 Å². The molecule has 1 amide bonds. The summed E-state index contributed by atoms with van der Waals surface area (Å²) in [7, 11) is -3.38.